The summed E-state index contributed by atoms with van der Waals surface area (Å²) in [4.78, 5) is 35.8. The van der Waals surface area contributed by atoms with E-state index in [-0.39, 0.29) is 36.9 Å². The number of likely N-dealkylation sites (N-methyl/N-ethyl adjacent to an activating group) is 1. The Balaban J connectivity index is 2.51. The highest BCUT2D eigenvalue weighted by atomic mass is 16.2. The maximum atomic E-state index is 12.1. The first-order valence-electron chi connectivity index (χ1n) is 8.10. The number of hydrogen-bond acceptors (Lipinski definition) is 3. The van der Waals surface area contributed by atoms with Crippen LogP contribution in [0.3, 0.4) is 0 Å². The van der Waals surface area contributed by atoms with Gasteiger partial charge in [0, 0.05) is 24.3 Å². The molecule has 3 amide bonds. The number of carbonyl (C=O) groups is 3. The summed E-state index contributed by atoms with van der Waals surface area (Å²) in [6, 6.07) is 6.97. The topological polar surface area (TPSA) is 91.7 Å². The lowest BCUT2D eigenvalue weighted by Crippen LogP contribution is -3.14. The molecular formula is C17H27N4O3+. The van der Waals surface area contributed by atoms with E-state index in [4.69, 9.17) is 0 Å². The van der Waals surface area contributed by atoms with Crippen molar-refractivity contribution >= 4 is 29.1 Å². The molecule has 1 rings (SSSR count). The van der Waals surface area contributed by atoms with Crippen LogP contribution >= 0.6 is 0 Å². The minimum atomic E-state index is -0.156. The smallest absolute Gasteiger partial charge is 0.279 e. The van der Waals surface area contributed by atoms with E-state index in [0.29, 0.717) is 17.9 Å². The zero-order valence-corrected chi connectivity index (χ0v) is 14.7. The molecule has 1 unspecified atom stereocenters. The fourth-order valence-electron chi connectivity index (χ4n) is 2.18. The lowest BCUT2D eigenvalue weighted by Gasteiger charge is -2.17. The van der Waals surface area contributed by atoms with Gasteiger partial charge in [-0.15, -0.1) is 0 Å². The summed E-state index contributed by atoms with van der Waals surface area (Å²) in [7, 11) is 0. The molecule has 24 heavy (non-hydrogen) atoms. The van der Waals surface area contributed by atoms with Gasteiger partial charge in [-0.05, 0) is 45.0 Å². The normalized spacial score (nSPS) is 11.7. The molecular weight excluding hydrogens is 308 g/mol. The van der Waals surface area contributed by atoms with E-state index in [1.54, 1.807) is 24.3 Å². The Hall–Kier alpha value is -2.41. The van der Waals surface area contributed by atoms with Gasteiger partial charge in [0.15, 0.2) is 13.1 Å². The summed E-state index contributed by atoms with van der Waals surface area (Å²) in [6.45, 7) is 8.35. The Morgan fingerprint density at radius 3 is 1.92 bits per heavy atom. The van der Waals surface area contributed by atoms with Crippen molar-refractivity contribution in [3.63, 3.8) is 0 Å². The van der Waals surface area contributed by atoms with E-state index >= 15 is 0 Å². The molecule has 4 N–H and O–H groups in total. The third-order valence-corrected chi connectivity index (χ3v) is 3.26. The number of benzene rings is 1. The van der Waals surface area contributed by atoms with Gasteiger partial charge in [-0.25, -0.2) is 0 Å². The second-order valence-corrected chi connectivity index (χ2v) is 5.99. The molecule has 7 nitrogen and oxygen atoms in total. The van der Waals surface area contributed by atoms with Crippen LogP contribution in [0.2, 0.25) is 0 Å². The lowest BCUT2D eigenvalue weighted by atomic mass is 10.2. The number of carbonyl (C=O) groups excluding carboxylic acids is 3. The van der Waals surface area contributed by atoms with Crippen molar-refractivity contribution in [2.45, 2.75) is 33.7 Å². The predicted octanol–water partition coefficient (Wildman–Crippen LogP) is 0.0129. The molecule has 1 atom stereocenters. The van der Waals surface area contributed by atoms with Gasteiger partial charge in [0.25, 0.3) is 11.8 Å². The van der Waals surface area contributed by atoms with E-state index < -0.39 is 0 Å². The van der Waals surface area contributed by atoms with Crippen LogP contribution in [0.25, 0.3) is 0 Å². The summed E-state index contributed by atoms with van der Waals surface area (Å²) in [6.07, 6.45) is 0. The van der Waals surface area contributed by atoms with Crippen molar-refractivity contribution < 1.29 is 19.3 Å². The largest absolute Gasteiger partial charge is 0.349 e. The highest BCUT2D eigenvalue weighted by molar-refractivity contribution is 5.92. The van der Waals surface area contributed by atoms with Gasteiger partial charge in [0.2, 0.25) is 5.91 Å². The molecule has 0 heterocycles. The number of amides is 3. The van der Waals surface area contributed by atoms with Crippen molar-refractivity contribution in [3.05, 3.63) is 24.3 Å². The molecule has 0 saturated heterocycles. The molecule has 0 aliphatic rings. The van der Waals surface area contributed by atoms with E-state index in [0.717, 1.165) is 4.90 Å². The highest BCUT2D eigenvalue weighted by Crippen LogP contribution is 2.13. The molecule has 0 saturated carbocycles. The number of rotatable bonds is 8. The second kappa shape index (κ2) is 9.67. The summed E-state index contributed by atoms with van der Waals surface area (Å²) < 4.78 is 0. The van der Waals surface area contributed by atoms with Crippen molar-refractivity contribution in [3.8, 4) is 0 Å². The van der Waals surface area contributed by atoms with E-state index in [1.807, 2.05) is 20.8 Å². The first-order valence-corrected chi connectivity index (χ1v) is 8.10. The van der Waals surface area contributed by atoms with Crippen LogP contribution in [0.1, 0.15) is 27.7 Å². The molecule has 1 aromatic rings. The van der Waals surface area contributed by atoms with Crippen LogP contribution in [-0.2, 0) is 14.4 Å². The van der Waals surface area contributed by atoms with Crippen molar-refractivity contribution in [1.82, 2.24) is 5.32 Å². The van der Waals surface area contributed by atoms with Gasteiger partial charge < -0.3 is 20.9 Å². The average molecular weight is 335 g/mol. The SMILES string of the molecule is CC[NH+](CC(=O)Nc1ccc(NC(C)=O)cc1)CC(=O)NC(C)C. The van der Waals surface area contributed by atoms with Gasteiger partial charge in [-0.1, -0.05) is 0 Å². The fourth-order valence-corrected chi connectivity index (χ4v) is 2.18. The number of quaternary nitrogens is 1. The van der Waals surface area contributed by atoms with Crippen molar-refractivity contribution in [2.24, 2.45) is 0 Å². The molecule has 0 aliphatic carbocycles. The van der Waals surface area contributed by atoms with Gasteiger partial charge >= 0.3 is 0 Å². The molecule has 0 aliphatic heterocycles. The maximum Gasteiger partial charge on any atom is 0.279 e. The summed E-state index contributed by atoms with van der Waals surface area (Å²) in [5, 5.41) is 8.29. The van der Waals surface area contributed by atoms with Gasteiger partial charge in [0.1, 0.15) is 0 Å². The standard InChI is InChI=1S/C17H26N4O3/c1-5-21(10-16(23)18-12(2)3)11-17(24)20-15-8-6-14(7-9-15)19-13(4)22/h6-9,12H,5,10-11H2,1-4H3,(H,18,23)(H,19,22)(H,20,24)/p+1. The Kier molecular flexibility index (Phi) is 7.91. The molecule has 0 aromatic heterocycles. The monoisotopic (exact) mass is 335 g/mol. The Labute approximate surface area is 142 Å². The number of hydrogen-bond donors (Lipinski definition) is 4. The van der Waals surface area contributed by atoms with Crippen LogP contribution < -0.4 is 20.9 Å². The van der Waals surface area contributed by atoms with Crippen LogP contribution in [0.4, 0.5) is 11.4 Å². The second-order valence-electron chi connectivity index (χ2n) is 5.99. The predicted molar refractivity (Wildman–Crippen MR) is 93.9 cm³/mol. The van der Waals surface area contributed by atoms with E-state index in [9.17, 15) is 14.4 Å². The maximum absolute atomic E-state index is 12.1. The third-order valence-electron chi connectivity index (χ3n) is 3.26. The molecule has 0 spiro atoms. The van der Waals surface area contributed by atoms with Gasteiger partial charge in [-0.2, -0.15) is 0 Å². The van der Waals surface area contributed by atoms with Gasteiger partial charge in [-0.3, -0.25) is 14.4 Å². The first kappa shape index (κ1) is 19.6. The molecule has 0 radical (unpaired) electrons. The Morgan fingerprint density at radius 2 is 1.46 bits per heavy atom. The Morgan fingerprint density at radius 1 is 0.958 bits per heavy atom. The lowest BCUT2D eigenvalue weighted by molar-refractivity contribution is -0.881. The highest BCUT2D eigenvalue weighted by Gasteiger charge is 2.17. The van der Waals surface area contributed by atoms with E-state index in [2.05, 4.69) is 16.0 Å². The quantitative estimate of drug-likeness (QED) is 0.539. The van der Waals surface area contributed by atoms with Crippen molar-refractivity contribution in [2.75, 3.05) is 30.3 Å². The zero-order valence-electron chi connectivity index (χ0n) is 14.7. The zero-order chi connectivity index (χ0) is 18.1. The third kappa shape index (κ3) is 7.73. The summed E-state index contributed by atoms with van der Waals surface area (Å²) in [5.74, 6) is -0.362. The summed E-state index contributed by atoms with van der Waals surface area (Å²) >= 11 is 0. The molecule has 1 aromatic carbocycles. The van der Waals surface area contributed by atoms with E-state index in [1.165, 1.54) is 6.92 Å². The van der Waals surface area contributed by atoms with Crippen LogP contribution in [0.5, 0.6) is 0 Å². The first-order chi connectivity index (χ1) is 11.3. The molecule has 132 valence electrons. The average Bonchev–Trinajstić information content (AvgIpc) is 2.47. The van der Waals surface area contributed by atoms with Crippen LogP contribution in [0.15, 0.2) is 24.3 Å². The van der Waals surface area contributed by atoms with Crippen molar-refractivity contribution in [1.29, 1.82) is 0 Å². The minimum absolute atomic E-state index is 0.0608. The fraction of sp³-hybridized carbons (Fsp3) is 0.471. The van der Waals surface area contributed by atoms with Gasteiger partial charge in [0.05, 0.1) is 6.54 Å². The minimum Gasteiger partial charge on any atom is -0.349 e. The molecule has 0 bridgehead atoms. The molecule has 7 heteroatoms. The number of anilines is 2. The van der Waals surface area contributed by atoms with Crippen LogP contribution in [0, 0.1) is 0 Å². The Bertz CT molecular complexity index is 570. The number of nitrogens with one attached hydrogen (secondary N) is 4. The molecule has 0 fully saturated rings. The summed E-state index contributed by atoms with van der Waals surface area (Å²) in [5.41, 5.74) is 1.32. The van der Waals surface area contributed by atoms with Crippen LogP contribution in [-0.4, -0.2) is 43.4 Å².